The maximum Gasteiger partial charge on any atom is 0.339 e. The molecule has 1 saturated carbocycles. The lowest BCUT2D eigenvalue weighted by atomic mass is 9.78. The second-order valence-electron chi connectivity index (χ2n) is 8.39. The number of likely N-dealkylation sites (tertiary alicyclic amines) is 1. The molecule has 6 nitrogen and oxygen atoms in total. The zero-order chi connectivity index (χ0) is 21.5. The van der Waals surface area contributed by atoms with Crippen LogP contribution in [0.25, 0.3) is 0 Å². The van der Waals surface area contributed by atoms with E-state index < -0.39 is 5.97 Å². The minimum Gasteiger partial charge on any atom is -0.452 e. The summed E-state index contributed by atoms with van der Waals surface area (Å²) in [5.41, 5.74) is 0.393. The highest BCUT2D eigenvalue weighted by Gasteiger charge is 2.28. The van der Waals surface area contributed by atoms with Crippen LogP contribution in [0.4, 0.5) is 0 Å². The van der Waals surface area contributed by atoms with Gasteiger partial charge in [0.05, 0.1) is 11.3 Å². The summed E-state index contributed by atoms with van der Waals surface area (Å²) >= 11 is 1.34. The molecule has 3 atom stereocenters. The number of rotatable bonds is 7. The Morgan fingerprint density at radius 1 is 1.10 bits per heavy atom. The van der Waals surface area contributed by atoms with Crippen molar-refractivity contribution in [3.05, 3.63) is 29.8 Å². The fourth-order valence-electron chi connectivity index (χ4n) is 4.20. The first kappa shape index (κ1) is 22.7. The fraction of sp³-hybridized carbons (Fsp3) is 0.609. The molecule has 0 spiro atoms. The van der Waals surface area contributed by atoms with Crippen LogP contribution in [-0.2, 0) is 14.3 Å². The van der Waals surface area contributed by atoms with Crippen LogP contribution in [0, 0.1) is 11.8 Å². The molecule has 1 heterocycles. The summed E-state index contributed by atoms with van der Waals surface area (Å²) in [5, 5.41) is 3.02. The third-order valence-electron chi connectivity index (χ3n) is 6.30. The van der Waals surface area contributed by atoms with Crippen molar-refractivity contribution >= 4 is 29.5 Å². The smallest absolute Gasteiger partial charge is 0.339 e. The van der Waals surface area contributed by atoms with E-state index in [0.29, 0.717) is 28.0 Å². The van der Waals surface area contributed by atoms with E-state index in [0.717, 1.165) is 38.8 Å². The van der Waals surface area contributed by atoms with Crippen LogP contribution in [0.15, 0.2) is 29.2 Å². The zero-order valence-corrected chi connectivity index (χ0v) is 18.7. The van der Waals surface area contributed by atoms with Gasteiger partial charge in [-0.1, -0.05) is 38.8 Å². The van der Waals surface area contributed by atoms with Crippen LogP contribution in [0.5, 0.6) is 0 Å². The van der Waals surface area contributed by atoms with Gasteiger partial charge < -0.3 is 15.0 Å². The topological polar surface area (TPSA) is 75.7 Å². The molecule has 1 N–H and O–H groups in total. The van der Waals surface area contributed by atoms with Crippen molar-refractivity contribution in [3.8, 4) is 0 Å². The van der Waals surface area contributed by atoms with Gasteiger partial charge in [-0.3, -0.25) is 9.59 Å². The molecule has 1 aromatic rings. The van der Waals surface area contributed by atoms with Gasteiger partial charge in [-0.2, -0.15) is 0 Å². The molecule has 0 aromatic heterocycles. The Labute approximate surface area is 183 Å². The second-order valence-corrected chi connectivity index (χ2v) is 9.41. The lowest BCUT2D eigenvalue weighted by molar-refractivity contribution is -0.127. The maximum atomic E-state index is 12.6. The standard InChI is InChI=1S/C23H32N2O4S/c1-16-8-7-10-19(17(16)2)24-21(26)14-29-23(28)18-9-3-4-11-20(18)30-15-22(27)25-12-5-6-13-25/h3-4,9,11,16-17,19H,5-8,10,12-15H2,1-2H3,(H,24,26). The number of carbonyl (C=O) groups excluding carboxylic acids is 3. The average Bonchev–Trinajstić information content (AvgIpc) is 3.29. The molecule has 0 radical (unpaired) electrons. The van der Waals surface area contributed by atoms with Crippen molar-refractivity contribution in [1.29, 1.82) is 0 Å². The molecule has 164 valence electrons. The average molecular weight is 433 g/mol. The number of hydrogen-bond donors (Lipinski definition) is 1. The summed E-state index contributed by atoms with van der Waals surface area (Å²) in [6, 6.07) is 7.21. The third kappa shape index (κ3) is 6.00. The fourth-order valence-corrected chi connectivity index (χ4v) is 5.14. The molecule has 7 heteroatoms. The van der Waals surface area contributed by atoms with Gasteiger partial charge in [0.15, 0.2) is 6.61 Å². The van der Waals surface area contributed by atoms with Crippen LogP contribution in [0.3, 0.4) is 0 Å². The SMILES string of the molecule is CC1CCCC(NC(=O)COC(=O)c2ccccc2SCC(=O)N2CCCC2)C1C. The maximum absolute atomic E-state index is 12.6. The Morgan fingerprint density at radius 2 is 1.83 bits per heavy atom. The number of nitrogens with zero attached hydrogens (tertiary/aromatic N) is 1. The first-order chi connectivity index (χ1) is 14.5. The van der Waals surface area contributed by atoms with Crippen molar-refractivity contribution in [1.82, 2.24) is 10.2 Å². The van der Waals surface area contributed by atoms with E-state index in [1.54, 1.807) is 12.1 Å². The molecule has 1 aliphatic heterocycles. The van der Waals surface area contributed by atoms with Crippen LogP contribution < -0.4 is 5.32 Å². The minimum absolute atomic E-state index is 0.0934. The van der Waals surface area contributed by atoms with E-state index in [1.165, 1.54) is 18.2 Å². The van der Waals surface area contributed by atoms with Gasteiger partial charge in [0, 0.05) is 24.0 Å². The molecule has 0 bridgehead atoms. The van der Waals surface area contributed by atoms with E-state index in [-0.39, 0.29) is 24.5 Å². The van der Waals surface area contributed by atoms with E-state index in [2.05, 4.69) is 19.2 Å². The summed E-state index contributed by atoms with van der Waals surface area (Å²) in [6.45, 7) is 5.72. The van der Waals surface area contributed by atoms with Gasteiger partial charge in [0.1, 0.15) is 0 Å². The molecule has 30 heavy (non-hydrogen) atoms. The highest BCUT2D eigenvalue weighted by atomic mass is 32.2. The number of thioether (sulfide) groups is 1. The van der Waals surface area contributed by atoms with E-state index in [4.69, 9.17) is 4.74 Å². The molecule has 2 aliphatic rings. The van der Waals surface area contributed by atoms with Crippen molar-refractivity contribution in [3.63, 3.8) is 0 Å². The lowest BCUT2D eigenvalue weighted by Gasteiger charge is -2.34. The number of amides is 2. The van der Waals surface area contributed by atoms with Gasteiger partial charge in [0.25, 0.3) is 5.91 Å². The quantitative estimate of drug-likeness (QED) is 0.527. The van der Waals surface area contributed by atoms with E-state index >= 15 is 0 Å². The second kappa shape index (κ2) is 10.8. The normalized spacial score (nSPS) is 23.8. The Hall–Kier alpha value is -2.02. The molecule has 3 rings (SSSR count). The van der Waals surface area contributed by atoms with Gasteiger partial charge in [-0.05, 0) is 43.2 Å². The van der Waals surface area contributed by atoms with Crippen LogP contribution in [0.1, 0.15) is 56.3 Å². The van der Waals surface area contributed by atoms with Crippen molar-refractivity contribution < 1.29 is 19.1 Å². The first-order valence-corrected chi connectivity index (χ1v) is 11.9. The summed E-state index contributed by atoms with van der Waals surface area (Å²) < 4.78 is 5.28. The molecule has 1 saturated heterocycles. The Bertz CT molecular complexity index is 763. The minimum atomic E-state index is -0.535. The summed E-state index contributed by atoms with van der Waals surface area (Å²) in [7, 11) is 0. The predicted octanol–water partition coefficient (Wildman–Crippen LogP) is 3.50. The zero-order valence-electron chi connectivity index (χ0n) is 17.9. The first-order valence-electron chi connectivity index (χ1n) is 10.9. The third-order valence-corrected chi connectivity index (χ3v) is 7.36. The Morgan fingerprint density at radius 3 is 2.60 bits per heavy atom. The van der Waals surface area contributed by atoms with Crippen molar-refractivity contribution in [2.24, 2.45) is 11.8 Å². The number of ether oxygens (including phenoxy) is 1. The van der Waals surface area contributed by atoms with Crippen LogP contribution in [-0.4, -0.2) is 54.2 Å². The number of carbonyl (C=O) groups is 3. The largest absolute Gasteiger partial charge is 0.452 e. The molecule has 2 fully saturated rings. The highest BCUT2D eigenvalue weighted by Crippen LogP contribution is 2.29. The lowest BCUT2D eigenvalue weighted by Crippen LogP contribution is -2.45. The van der Waals surface area contributed by atoms with Crippen LogP contribution >= 0.6 is 11.8 Å². The molecular formula is C23H32N2O4S. The number of nitrogens with one attached hydrogen (secondary N) is 1. The molecule has 1 aromatic carbocycles. The predicted molar refractivity (Wildman–Crippen MR) is 117 cm³/mol. The number of benzene rings is 1. The van der Waals surface area contributed by atoms with Crippen LogP contribution in [0.2, 0.25) is 0 Å². The molecule has 1 aliphatic carbocycles. The van der Waals surface area contributed by atoms with Gasteiger partial charge in [-0.25, -0.2) is 4.79 Å². The molecule has 3 unspecified atom stereocenters. The van der Waals surface area contributed by atoms with Gasteiger partial charge in [0.2, 0.25) is 5.91 Å². The number of hydrogen-bond acceptors (Lipinski definition) is 5. The van der Waals surface area contributed by atoms with Gasteiger partial charge in [-0.15, -0.1) is 11.8 Å². The summed E-state index contributed by atoms with van der Waals surface area (Å²) in [5.74, 6) is 0.594. The summed E-state index contributed by atoms with van der Waals surface area (Å²) in [6.07, 6.45) is 5.38. The van der Waals surface area contributed by atoms with Crippen molar-refractivity contribution in [2.75, 3.05) is 25.4 Å². The van der Waals surface area contributed by atoms with Crippen molar-refractivity contribution in [2.45, 2.75) is 56.9 Å². The molecular weight excluding hydrogens is 400 g/mol. The Kier molecular flexibility index (Phi) is 8.19. The Balaban J connectivity index is 1.50. The number of esters is 1. The monoisotopic (exact) mass is 432 g/mol. The molecule has 2 amide bonds. The van der Waals surface area contributed by atoms with E-state index in [9.17, 15) is 14.4 Å². The van der Waals surface area contributed by atoms with Gasteiger partial charge >= 0.3 is 5.97 Å². The highest BCUT2D eigenvalue weighted by molar-refractivity contribution is 8.00. The van der Waals surface area contributed by atoms with E-state index in [1.807, 2.05) is 17.0 Å². The summed E-state index contributed by atoms with van der Waals surface area (Å²) in [4.78, 5) is 39.7.